The van der Waals surface area contributed by atoms with E-state index in [1.807, 2.05) is 25.1 Å². The average Bonchev–Trinajstić information content (AvgIpc) is 2.89. The minimum atomic E-state index is -0.548. The molecule has 120 valence electrons. The van der Waals surface area contributed by atoms with E-state index in [0.717, 1.165) is 29.2 Å². The second-order valence-corrected chi connectivity index (χ2v) is 6.71. The smallest absolute Gasteiger partial charge is 0.271 e. The maximum Gasteiger partial charge on any atom is 0.271 e. The van der Waals surface area contributed by atoms with Gasteiger partial charge in [0.15, 0.2) is 0 Å². The lowest BCUT2D eigenvalue weighted by Gasteiger charge is -2.34. The number of hydrogen-bond acceptors (Lipinski definition) is 4. The maximum atomic E-state index is 13.1. The topological polar surface area (TPSA) is 62.3 Å². The first-order valence-electron chi connectivity index (χ1n) is 7.72. The zero-order valence-corrected chi connectivity index (χ0v) is 14.2. The van der Waals surface area contributed by atoms with Crippen LogP contribution in [0.1, 0.15) is 40.6 Å². The highest BCUT2D eigenvalue weighted by Crippen LogP contribution is 2.34. The van der Waals surface area contributed by atoms with Crippen molar-refractivity contribution in [1.82, 2.24) is 4.98 Å². The Labute approximate surface area is 139 Å². The Morgan fingerprint density at radius 3 is 2.87 bits per heavy atom. The molecule has 1 aliphatic heterocycles. The molecule has 6 heteroatoms. The van der Waals surface area contributed by atoms with E-state index in [9.17, 15) is 9.59 Å². The highest BCUT2D eigenvalue weighted by atomic mass is 32.1. The fraction of sp³-hybridized carbons (Fsp3) is 0.353. The summed E-state index contributed by atoms with van der Waals surface area (Å²) in [6.07, 6.45) is 1.86. The van der Waals surface area contributed by atoms with Gasteiger partial charge in [0.25, 0.3) is 5.91 Å². The van der Waals surface area contributed by atoms with Crippen LogP contribution in [0.2, 0.25) is 0 Å². The van der Waals surface area contributed by atoms with Crippen molar-refractivity contribution < 1.29 is 9.59 Å². The van der Waals surface area contributed by atoms with Crippen molar-refractivity contribution >= 4 is 34.5 Å². The maximum absolute atomic E-state index is 13.1. The number of para-hydroxylation sites is 2. The Morgan fingerprint density at radius 1 is 1.39 bits per heavy atom. The first-order valence-corrected chi connectivity index (χ1v) is 8.54. The van der Waals surface area contributed by atoms with Crippen LogP contribution in [-0.2, 0) is 11.2 Å². The summed E-state index contributed by atoms with van der Waals surface area (Å²) < 4.78 is 0. The third-order valence-electron chi connectivity index (χ3n) is 3.91. The summed E-state index contributed by atoms with van der Waals surface area (Å²) in [6.45, 7) is 5.68. The Bertz CT molecular complexity index is 769. The Morgan fingerprint density at radius 2 is 2.13 bits per heavy atom. The number of hydrogen-bond donors (Lipinski definition) is 1. The van der Waals surface area contributed by atoms with E-state index in [2.05, 4.69) is 17.2 Å². The van der Waals surface area contributed by atoms with Gasteiger partial charge in [-0.2, -0.15) is 0 Å². The number of amides is 2. The van der Waals surface area contributed by atoms with Gasteiger partial charge in [-0.05, 0) is 38.8 Å². The third-order valence-corrected chi connectivity index (χ3v) is 5.11. The van der Waals surface area contributed by atoms with Gasteiger partial charge >= 0.3 is 0 Å². The molecular formula is C17H19N3O2S. The Hall–Kier alpha value is -2.21. The van der Waals surface area contributed by atoms with Crippen LogP contribution < -0.4 is 10.2 Å². The second kappa shape index (κ2) is 6.12. The summed E-state index contributed by atoms with van der Waals surface area (Å²) in [7, 11) is 0. The molecule has 1 N–H and O–H groups in total. The standard InChI is InChI=1S/C17H19N3O2S/c1-4-7-14-18-10(2)15(23-14)17(22)20-11(3)16(21)19-12-8-5-6-9-13(12)20/h5-6,8-9,11H,4,7H2,1-3H3,(H,19,21). The van der Waals surface area contributed by atoms with Crippen LogP contribution in [0.25, 0.3) is 0 Å². The van der Waals surface area contributed by atoms with Crippen molar-refractivity contribution in [3.05, 3.63) is 39.8 Å². The van der Waals surface area contributed by atoms with E-state index >= 15 is 0 Å². The number of fused-ring (bicyclic) bond motifs is 1. The average molecular weight is 329 g/mol. The van der Waals surface area contributed by atoms with Gasteiger partial charge in [-0.15, -0.1) is 11.3 Å². The van der Waals surface area contributed by atoms with Crippen molar-refractivity contribution in [2.75, 3.05) is 10.2 Å². The van der Waals surface area contributed by atoms with Gasteiger partial charge in [-0.25, -0.2) is 4.98 Å². The Balaban J connectivity index is 2.03. The molecule has 1 atom stereocenters. The molecule has 0 bridgehead atoms. The lowest BCUT2D eigenvalue weighted by molar-refractivity contribution is -0.117. The number of anilines is 2. The minimum absolute atomic E-state index is 0.155. The van der Waals surface area contributed by atoms with Gasteiger partial charge in [0.05, 0.1) is 22.1 Å². The quantitative estimate of drug-likeness (QED) is 0.939. The first-order chi connectivity index (χ1) is 11.0. The van der Waals surface area contributed by atoms with E-state index < -0.39 is 6.04 Å². The van der Waals surface area contributed by atoms with Crippen LogP contribution in [0.15, 0.2) is 24.3 Å². The molecule has 0 fully saturated rings. The molecule has 0 saturated carbocycles. The van der Waals surface area contributed by atoms with Crippen molar-refractivity contribution in [2.24, 2.45) is 0 Å². The fourth-order valence-electron chi connectivity index (χ4n) is 2.72. The molecule has 23 heavy (non-hydrogen) atoms. The third kappa shape index (κ3) is 2.74. The van der Waals surface area contributed by atoms with Gasteiger partial charge < -0.3 is 5.32 Å². The molecule has 2 amide bonds. The van der Waals surface area contributed by atoms with E-state index in [1.165, 1.54) is 11.3 Å². The van der Waals surface area contributed by atoms with Gasteiger partial charge in [-0.3, -0.25) is 14.5 Å². The second-order valence-electron chi connectivity index (χ2n) is 5.63. The van der Waals surface area contributed by atoms with Crippen molar-refractivity contribution in [3.8, 4) is 0 Å². The predicted molar refractivity (Wildman–Crippen MR) is 92.2 cm³/mol. The molecule has 1 aromatic carbocycles. The predicted octanol–water partition coefficient (Wildman–Crippen LogP) is 3.39. The highest BCUT2D eigenvalue weighted by Gasteiger charge is 2.35. The Kier molecular flexibility index (Phi) is 4.17. The zero-order chi connectivity index (χ0) is 16.6. The molecule has 0 spiro atoms. The van der Waals surface area contributed by atoms with E-state index in [-0.39, 0.29) is 11.8 Å². The lowest BCUT2D eigenvalue weighted by atomic mass is 10.1. The fourth-order valence-corrected chi connectivity index (χ4v) is 3.82. The lowest BCUT2D eigenvalue weighted by Crippen LogP contribution is -2.49. The minimum Gasteiger partial charge on any atom is -0.322 e. The van der Waals surface area contributed by atoms with Crippen molar-refractivity contribution in [3.63, 3.8) is 0 Å². The number of nitrogens with one attached hydrogen (secondary N) is 1. The van der Waals surface area contributed by atoms with Crippen LogP contribution >= 0.6 is 11.3 Å². The van der Waals surface area contributed by atoms with Crippen molar-refractivity contribution in [2.45, 2.75) is 39.7 Å². The van der Waals surface area contributed by atoms with Gasteiger partial charge in [0, 0.05) is 0 Å². The van der Waals surface area contributed by atoms with Crippen LogP contribution in [0.3, 0.4) is 0 Å². The molecule has 2 heterocycles. The number of benzene rings is 1. The number of thiazole rings is 1. The van der Waals surface area contributed by atoms with Crippen LogP contribution in [-0.4, -0.2) is 22.8 Å². The van der Waals surface area contributed by atoms with E-state index in [1.54, 1.807) is 17.9 Å². The number of aryl methyl sites for hydroxylation is 2. The molecule has 1 aliphatic rings. The van der Waals surface area contributed by atoms with Gasteiger partial charge in [0.1, 0.15) is 10.9 Å². The zero-order valence-electron chi connectivity index (χ0n) is 13.4. The molecule has 1 aromatic heterocycles. The summed E-state index contributed by atoms with van der Waals surface area (Å²) >= 11 is 1.43. The molecule has 0 aliphatic carbocycles. The number of rotatable bonds is 3. The molecular weight excluding hydrogens is 310 g/mol. The SMILES string of the molecule is CCCc1nc(C)c(C(=O)N2c3ccccc3NC(=O)C2C)s1. The molecule has 3 rings (SSSR count). The summed E-state index contributed by atoms with van der Waals surface area (Å²) in [5, 5.41) is 3.81. The molecule has 2 aromatic rings. The molecule has 0 saturated heterocycles. The number of aromatic nitrogens is 1. The molecule has 1 unspecified atom stereocenters. The van der Waals surface area contributed by atoms with E-state index in [4.69, 9.17) is 0 Å². The molecule has 5 nitrogen and oxygen atoms in total. The van der Waals surface area contributed by atoms with Crippen LogP contribution in [0.4, 0.5) is 11.4 Å². The van der Waals surface area contributed by atoms with Gasteiger partial charge in [0.2, 0.25) is 5.91 Å². The van der Waals surface area contributed by atoms with Crippen molar-refractivity contribution in [1.29, 1.82) is 0 Å². The largest absolute Gasteiger partial charge is 0.322 e. The summed E-state index contributed by atoms with van der Waals surface area (Å²) in [6, 6.07) is 6.82. The summed E-state index contributed by atoms with van der Waals surface area (Å²) in [5.41, 5.74) is 2.13. The monoisotopic (exact) mass is 329 g/mol. The summed E-state index contributed by atoms with van der Waals surface area (Å²) in [5.74, 6) is -0.329. The van der Waals surface area contributed by atoms with Gasteiger partial charge in [-0.1, -0.05) is 19.1 Å². The highest BCUT2D eigenvalue weighted by molar-refractivity contribution is 7.14. The van der Waals surface area contributed by atoms with Crippen LogP contribution in [0.5, 0.6) is 0 Å². The number of nitrogens with zero attached hydrogens (tertiary/aromatic N) is 2. The number of carbonyl (C=O) groups excluding carboxylic acids is 2. The first kappa shape index (κ1) is 15.7. The molecule has 0 radical (unpaired) electrons. The van der Waals surface area contributed by atoms with Crippen LogP contribution in [0, 0.1) is 6.92 Å². The summed E-state index contributed by atoms with van der Waals surface area (Å²) in [4.78, 5) is 31.9. The normalized spacial score (nSPS) is 16.9. The van der Waals surface area contributed by atoms with E-state index in [0.29, 0.717) is 10.6 Å². The number of carbonyl (C=O) groups is 2.